The van der Waals surface area contributed by atoms with Crippen LogP contribution in [0.5, 0.6) is 0 Å². The van der Waals surface area contributed by atoms with Crippen molar-refractivity contribution in [3.05, 3.63) is 0 Å². The predicted octanol–water partition coefficient (Wildman–Crippen LogP) is 8.59. The van der Waals surface area contributed by atoms with Crippen LogP contribution in [0.4, 0.5) is 0 Å². The maximum Gasteiger partial charge on any atom is 0.0606 e. The lowest BCUT2D eigenvalue weighted by atomic mass is 9.48. The molecule has 0 heterocycles. The summed E-state index contributed by atoms with van der Waals surface area (Å²) in [6, 6.07) is 0. The highest BCUT2D eigenvalue weighted by Gasteiger charge is 2.55. The Balaban J connectivity index is 2.53. The van der Waals surface area contributed by atoms with E-state index in [1.165, 1.54) is 6.42 Å². The summed E-state index contributed by atoms with van der Waals surface area (Å²) in [7, 11) is 0. The van der Waals surface area contributed by atoms with Gasteiger partial charge >= 0.3 is 0 Å². The summed E-state index contributed by atoms with van der Waals surface area (Å²) in [4.78, 5) is 0. The summed E-state index contributed by atoms with van der Waals surface area (Å²) in [5.74, 6) is 2.52. The molecule has 0 aromatic heterocycles. The molecule has 0 amide bonds. The van der Waals surface area contributed by atoms with Crippen LogP contribution in [0.3, 0.4) is 0 Å². The highest BCUT2D eigenvalue weighted by atomic mass is 16.3. The Kier molecular flexibility index (Phi) is 8.57. The van der Waals surface area contributed by atoms with Crippen molar-refractivity contribution in [3.8, 4) is 0 Å². The van der Waals surface area contributed by atoms with Crippen molar-refractivity contribution in [2.75, 3.05) is 0 Å². The Morgan fingerprint density at radius 1 is 0.471 bits per heavy atom. The molecule has 4 atom stereocenters. The largest absolute Gasteiger partial charge is 0.393 e. The topological polar surface area (TPSA) is 40.5 Å². The van der Waals surface area contributed by atoms with Crippen molar-refractivity contribution in [1.29, 1.82) is 0 Å². The molecule has 2 aliphatic carbocycles. The second-order valence-electron chi connectivity index (χ2n) is 17.1. The quantitative estimate of drug-likeness (QED) is 0.426. The van der Waals surface area contributed by atoms with Crippen molar-refractivity contribution in [2.45, 2.75) is 141 Å². The second kappa shape index (κ2) is 9.66. The predicted molar refractivity (Wildman–Crippen MR) is 148 cm³/mol. The van der Waals surface area contributed by atoms with Gasteiger partial charge in [-0.15, -0.1) is 0 Å². The molecule has 0 spiro atoms. The molecule has 202 valence electrons. The van der Waals surface area contributed by atoms with Gasteiger partial charge in [0.15, 0.2) is 0 Å². The molecule has 2 saturated carbocycles. The van der Waals surface area contributed by atoms with Crippen molar-refractivity contribution in [3.63, 3.8) is 0 Å². The molecule has 2 nitrogen and oxygen atoms in total. The molecule has 4 unspecified atom stereocenters. The van der Waals surface area contributed by atoms with Crippen LogP contribution in [-0.2, 0) is 0 Å². The molecule has 0 radical (unpaired) electrons. The molecule has 34 heavy (non-hydrogen) atoms. The van der Waals surface area contributed by atoms with Crippen LogP contribution >= 0.6 is 0 Å². The maximum absolute atomic E-state index is 11.6. The van der Waals surface area contributed by atoms with Gasteiger partial charge in [-0.25, -0.2) is 0 Å². The van der Waals surface area contributed by atoms with Crippen LogP contribution in [0.2, 0.25) is 0 Å². The fourth-order valence-corrected chi connectivity index (χ4v) is 7.99. The van der Waals surface area contributed by atoms with E-state index in [9.17, 15) is 10.2 Å². The van der Waals surface area contributed by atoms with Crippen LogP contribution in [-0.4, -0.2) is 22.4 Å². The lowest BCUT2D eigenvalue weighted by Gasteiger charge is -2.58. The summed E-state index contributed by atoms with van der Waals surface area (Å²) in [5.41, 5.74) is 0.615. The van der Waals surface area contributed by atoms with Gasteiger partial charge in [0.25, 0.3) is 0 Å². The minimum Gasteiger partial charge on any atom is -0.393 e. The minimum atomic E-state index is -0.227. The van der Waals surface area contributed by atoms with E-state index in [1.807, 2.05) is 0 Å². The first-order valence-electron chi connectivity index (χ1n) is 14.4. The van der Waals surface area contributed by atoms with Gasteiger partial charge in [0, 0.05) is 0 Å². The molecule has 0 aliphatic heterocycles. The van der Waals surface area contributed by atoms with Crippen LogP contribution in [0, 0.1) is 62.6 Å². The molecule has 0 aromatic carbocycles. The lowest BCUT2D eigenvalue weighted by molar-refractivity contribution is -0.141. The standard InChI is InChI=1S/C32H62O2/c1-15-32(14,20-16-22(28(2,3)4)26(33)23(17-20)29(5,6)7)21-18-24(30(8,9)10)27(34)25(19-21)31(11,12)13/h20-27,33-34H,15-19H2,1-14H3. The first-order valence-corrected chi connectivity index (χ1v) is 14.4. The van der Waals surface area contributed by atoms with Gasteiger partial charge in [0.1, 0.15) is 0 Å². The Hall–Kier alpha value is -0.0800. The van der Waals surface area contributed by atoms with Gasteiger partial charge in [0.05, 0.1) is 12.2 Å². The van der Waals surface area contributed by atoms with E-state index in [-0.39, 0.29) is 39.3 Å². The third-order valence-corrected chi connectivity index (χ3v) is 10.9. The monoisotopic (exact) mass is 478 g/mol. The van der Waals surface area contributed by atoms with Gasteiger partial charge in [-0.2, -0.15) is 0 Å². The smallest absolute Gasteiger partial charge is 0.0606 e. The lowest BCUT2D eigenvalue weighted by Crippen LogP contribution is -2.54. The number of hydrogen-bond acceptors (Lipinski definition) is 2. The molecule has 0 aromatic rings. The fourth-order valence-electron chi connectivity index (χ4n) is 7.99. The van der Waals surface area contributed by atoms with Gasteiger partial charge < -0.3 is 10.2 Å². The van der Waals surface area contributed by atoms with Crippen LogP contribution in [0.15, 0.2) is 0 Å². The van der Waals surface area contributed by atoms with Crippen LogP contribution in [0.25, 0.3) is 0 Å². The van der Waals surface area contributed by atoms with E-state index < -0.39 is 0 Å². The zero-order chi connectivity index (χ0) is 26.7. The molecule has 2 rings (SSSR count). The Labute approximate surface area is 214 Å². The molecule has 0 saturated heterocycles. The molecule has 0 bridgehead atoms. The zero-order valence-electron chi connectivity index (χ0n) is 25.5. The highest BCUT2D eigenvalue weighted by Crippen LogP contribution is 2.60. The average Bonchev–Trinajstić information content (AvgIpc) is 2.63. The van der Waals surface area contributed by atoms with Crippen molar-refractivity contribution >= 4 is 0 Å². The van der Waals surface area contributed by atoms with Gasteiger partial charge in [-0.05, 0) is 88.3 Å². The van der Waals surface area contributed by atoms with Crippen LogP contribution < -0.4 is 0 Å². The normalized spacial score (nSPS) is 38.5. The van der Waals surface area contributed by atoms with E-state index >= 15 is 0 Å². The number of aliphatic hydroxyl groups is 2. The highest BCUT2D eigenvalue weighted by molar-refractivity contribution is 5.04. The van der Waals surface area contributed by atoms with E-state index in [2.05, 4.69) is 96.9 Å². The van der Waals surface area contributed by atoms with Gasteiger partial charge in [0.2, 0.25) is 0 Å². The Morgan fingerprint density at radius 3 is 0.824 bits per heavy atom. The average molecular weight is 479 g/mol. The zero-order valence-corrected chi connectivity index (χ0v) is 25.5. The SMILES string of the molecule is CCC(C)(C1CC(C(C)(C)C)C(O)C(C(C)(C)C)C1)C1CC(C(C)(C)C)C(O)C(C(C)(C)C)C1. The Morgan fingerprint density at radius 2 is 0.676 bits per heavy atom. The number of aliphatic hydroxyl groups excluding tert-OH is 2. The summed E-state index contributed by atoms with van der Waals surface area (Å²) >= 11 is 0. The Bertz CT molecular complexity index is 563. The number of hydrogen-bond donors (Lipinski definition) is 2. The summed E-state index contributed by atoms with van der Waals surface area (Å²) in [6.07, 6.45) is 5.23. The molecular formula is C32H62O2. The molecule has 2 aliphatic rings. The third-order valence-electron chi connectivity index (χ3n) is 10.9. The summed E-state index contributed by atoms with van der Waals surface area (Å²) < 4.78 is 0. The third kappa shape index (κ3) is 6.07. The van der Waals surface area contributed by atoms with Crippen molar-refractivity contribution in [2.24, 2.45) is 62.6 Å². The first-order chi connectivity index (χ1) is 15.0. The van der Waals surface area contributed by atoms with Crippen molar-refractivity contribution < 1.29 is 10.2 Å². The molecule has 2 fully saturated rings. The molecule has 2 N–H and O–H groups in total. The van der Waals surface area contributed by atoms with Crippen molar-refractivity contribution in [1.82, 2.24) is 0 Å². The second-order valence-corrected chi connectivity index (χ2v) is 17.1. The number of rotatable bonds is 3. The fraction of sp³-hybridized carbons (Fsp3) is 1.00. The minimum absolute atomic E-state index is 0.0981. The van der Waals surface area contributed by atoms with E-state index in [4.69, 9.17) is 0 Å². The van der Waals surface area contributed by atoms with E-state index in [0.29, 0.717) is 35.5 Å². The van der Waals surface area contributed by atoms with Gasteiger partial charge in [-0.1, -0.05) is 103 Å². The molecule has 2 heteroatoms. The van der Waals surface area contributed by atoms with E-state index in [1.54, 1.807) is 0 Å². The van der Waals surface area contributed by atoms with E-state index in [0.717, 1.165) is 25.7 Å². The van der Waals surface area contributed by atoms with Gasteiger partial charge in [-0.3, -0.25) is 0 Å². The summed E-state index contributed by atoms with van der Waals surface area (Å²) in [6.45, 7) is 32.9. The summed E-state index contributed by atoms with van der Waals surface area (Å²) in [5, 5.41) is 23.1. The first kappa shape index (κ1) is 30.1. The maximum atomic E-state index is 11.6. The van der Waals surface area contributed by atoms with Crippen LogP contribution in [0.1, 0.15) is 129 Å². The molecular weight excluding hydrogens is 416 g/mol.